The molecule has 0 spiro atoms. The summed E-state index contributed by atoms with van der Waals surface area (Å²) in [5.74, 6) is 3.42. The Labute approximate surface area is 287 Å². The largest absolute Gasteiger partial charge is 0.508 e. The number of amides is 1. The van der Waals surface area contributed by atoms with Gasteiger partial charge in [-0.1, -0.05) is 32.6 Å². The number of methoxy groups -OCH3 is 1. The summed E-state index contributed by atoms with van der Waals surface area (Å²) < 4.78 is 5.84. The summed E-state index contributed by atoms with van der Waals surface area (Å²) in [5, 5.41) is 10.1. The van der Waals surface area contributed by atoms with Crippen LogP contribution in [0.15, 0.2) is 67.0 Å². The van der Waals surface area contributed by atoms with Gasteiger partial charge < -0.3 is 24.5 Å². The van der Waals surface area contributed by atoms with Crippen LogP contribution < -0.4 is 14.5 Å². The van der Waals surface area contributed by atoms with Gasteiger partial charge in [-0.25, -0.2) is 4.98 Å². The molecule has 1 unspecified atom stereocenters. The van der Waals surface area contributed by atoms with Crippen molar-refractivity contribution >= 4 is 17.4 Å². The van der Waals surface area contributed by atoms with Crippen LogP contribution in [0.5, 0.6) is 11.5 Å². The number of aromatic nitrogens is 1. The average molecular weight is 652 g/mol. The van der Waals surface area contributed by atoms with Gasteiger partial charge in [-0.05, 0) is 116 Å². The monoisotopic (exact) mass is 651 g/mol. The third-order valence-electron chi connectivity index (χ3n) is 10.6. The van der Waals surface area contributed by atoms with Gasteiger partial charge >= 0.3 is 0 Å². The molecule has 1 amide bonds. The molecule has 256 valence electrons. The number of carbonyl (C=O) groups is 1. The van der Waals surface area contributed by atoms with E-state index in [9.17, 15) is 9.90 Å². The first-order valence-corrected chi connectivity index (χ1v) is 17.7. The van der Waals surface area contributed by atoms with Crippen molar-refractivity contribution in [2.75, 3.05) is 43.7 Å². The molecular formula is C40H53N5O3. The SMILES string of the molecule is C=C1Cc2cc(OC)c(CC(C)C)cc2C(c2ccc(O)cc2)N1c1ccc(N(C)CC2CCC(N3CC(=O)N(C(C)C)C3)CC2)cn1. The van der Waals surface area contributed by atoms with Crippen molar-refractivity contribution in [1.29, 1.82) is 0 Å². The van der Waals surface area contributed by atoms with Crippen molar-refractivity contribution in [3.8, 4) is 11.5 Å². The molecular weight excluding hydrogens is 598 g/mol. The van der Waals surface area contributed by atoms with Gasteiger partial charge in [0.1, 0.15) is 17.3 Å². The van der Waals surface area contributed by atoms with Crippen LogP contribution in [0.1, 0.15) is 81.7 Å². The minimum atomic E-state index is -0.136. The van der Waals surface area contributed by atoms with E-state index in [0.29, 0.717) is 30.8 Å². The molecule has 8 nitrogen and oxygen atoms in total. The Morgan fingerprint density at radius 1 is 1.04 bits per heavy atom. The fourth-order valence-corrected chi connectivity index (χ4v) is 8.01. The molecule has 0 bridgehead atoms. The second kappa shape index (κ2) is 14.2. The van der Waals surface area contributed by atoms with Crippen molar-refractivity contribution in [2.24, 2.45) is 11.8 Å². The second-order valence-corrected chi connectivity index (χ2v) is 14.8. The van der Waals surface area contributed by atoms with Crippen LogP contribution in [-0.4, -0.2) is 71.8 Å². The number of ether oxygens (including phenoxy) is 1. The average Bonchev–Trinajstić information content (AvgIpc) is 3.46. The smallest absolute Gasteiger partial charge is 0.238 e. The Kier molecular flexibility index (Phi) is 10.0. The zero-order chi connectivity index (χ0) is 34.1. The maximum atomic E-state index is 12.5. The number of hydrogen-bond acceptors (Lipinski definition) is 7. The van der Waals surface area contributed by atoms with Crippen LogP contribution in [0.4, 0.5) is 11.5 Å². The molecule has 1 saturated carbocycles. The van der Waals surface area contributed by atoms with E-state index in [1.165, 1.54) is 29.5 Å². The zero-order valence-corrected chi connectivity index (χ0v) is 29.7. The summed E-state index contributed by atoms with van der Waals surface area (Å²) in [7, 11) is 3.92. The molecule has 3 aromatic rings. The molecule has 1 saturated heterocycles. The number of nitrogens with zero attached hydrogens (tertiary/aromatic N) is 5. The van der Waals surface area contributed by atoms with E-state index in [4.69, 9.17) is 9.72 Å². The minimum Gasteiger partial charge on any atom is -0.508 e. The number of hydrogen-bond donors (Lipinski definition) is 1. The third-order valence-corrected chi connectivity index (χ3v) is 10.6. The lowest BCUT2D eigenvalue weighted by Crippen LogP contribution is -2.40. The fourth-order valence-electron chi connectivity index (χ4n) is 8.01. The molecule has 8 heteroatoms. The number of fused-ring (bicyclic) bond motifs is 1. The number of aromatic hydroxyl groups is 1. The molecule has 1 aliphatic carbocycles. The van der Waals surface area contributed by atoms with Crippen LogP contribution in [0.2, 0.25) is 0 Å². The molecule has 3 heterocycles. The highest BCUT2D eigenvalue weighted by Crippen LogP contribution is 2.44. The quantitative estimate of drug-likeness (QED) is 0.249. The Morgan fingerprint density at radius 3 is 2.38 bits per heavy atom. The van der Waals surface area contributed by atoms with Crippen LogP contribution in [0.25, 0.3) is 0 Å². The van der Waals surface area contributed by atoms with Crippen LogP contribution in [0, 0.1) is 11.8 Å². The number of pyridine rings is 1. The summed E-state index contributed by atoms with van der Waals surface area (Å²) in [6.45, 7) is 15.5. The first-order chi connectivity index (χ1) is 23.0. The molecule has 3 aliphatic rings. The van der Waals surface area contributed by atoms with E-state index in [2.05, 4.69) is 80.3 Å². The summed E-state index contributed by atoms with van der Waals surface area (Å²) in [6.07, 6.45) is 8.28. The van der Waals surface area contributed by atoms with Crippen molar-refractivity contribution in [3.63, 3.8) is 0 Å². The highest BCUT2D eigenvalue weighted by molar-refractivity contribution is 5.80. The highest BCUT2D eigenvalue weighted by atomic mass is 16.5. The summed E-state index contributed by atoms with van der Waals surface area (Å²) in [4.78, 5) is 26.5. The molecule has 48 heavy (non-hydrogen) atoms. The molecule has 2 fully saturated rings. The van der Waals surface area contributed by atoms with Gasteiger partial charge in [0.2, 0.25) is 5.91 Å². The van der Waals surface area contributed by atoms with E-state index < -0.39 is 0 Å². The fraction of sp³-hybridized carbons (Fsp3) is 0.500. The number of carbonyl (C=O) groups excluding carboxylic acids is 1. The number of phenolic OH excluding ortho intramolecular Hbond substituents is 1. The Morgan fingerprint density at radius 2 is 1.77 bits per heavy atom. The van der Waals surface area contributed by atoms with Crippen molar-refractivity contribution in [2.45, 2.75) is 84.3 Å². The normalized spacial score (nSPS) is 21.7. The maximum Gasteiger partial charge on any atom is 0.238 e. The third kappa shape index (κ3) is 7.05. The lowest BCUT2D eigenvalue weighted by atomic mass is 9.84. The van der Waals surface area contributed by atoms with Gasteiger partial charge in [0, 0.05) is 37.8 Å². The molecule has 1 aromatic heterocycles. The summed E-state index contributed by atoms with van der Waals surface area (Å²) in [6, 6.07) is 16.9. The van der Waals surface area contributed by atoms with Crippen LogP contribution in [-0.2, 0) is 17.6 Å². The molecule has 0 radical (unpaired) electrons. The van der Waals surface area contributed by atoms with Gasteiger partial charge in [-0.3, -0.25) is 9.69 Å². The van der Waals surface area contributed by atoms with E-state index in [0.717, 1.165) is 61.0 Å². The second-order valence-electron chi connectivity index (χ2n) is 14.8. The Balaban J connectivity index is 1.18. The molecule has 2 aromatic carbocycles. The molecule has 1 N–H and O–H groups in total. The number of benzene rings is 2. The van der Waals surface area contributed by atoms with Gasteiger partial charge in [0.15, 0.2) is 0 Å². The lowest BCUT2D eigenvalue weighted by Gasteiger charge is -2.40. The van der Waals surface area contributed by atoms with E-state index in [1.807, 2.05) is 23.2 Å². The summed E-state index contributed by atoms with van der Waals surface area (Å²) >= 11 is 0. The molecule has 1 atom stereocenters. The predicted molar refractivity (Wildman–Crippen MR) is 194 cm³/mol. The Bertz CT molecular complexity index is 1590. The minimum absolute atomic E-state index is 0.136. The number of allylic oxidation sites excluding steroid dienone is 1. The van der Waals surface area contributed by atoms with E-state index in [1.54, 1.807) is 19.2 Å². The summed E-state index contributed by atoms with van der Waals surface area (Å²) in [5.41, 5.74) is 6.78. The van der Waals surface area contributed by atoms with Crippen molar-refractivity contribution in [1.82, 2.24) is 14.8 Å². The number of anilines is 2. The first kappa shape index (κ1) is 33.8. The van der Waals surface area contributed by atoms with Crippen molar-refractivity contribution in [3.05, 3.63) is 89.3 Å². The predicted octanol–water partition coefficient (Wildman–Crippen LogP) is 7.17. The molecule has 2 aliphatic heterocycles. The topological polar surface area (TPSA) is 72.4 Å². The number of phenols is 1. The van der Waals surface area contributed by atoms with Gasteiger partial charge in [-0.15, -0.1) is 0 Å². The van der Waals surface area contributed by atoms with Gasteiger partial charge in [0.05, 0.1) is 38.2 Å². The Hall–Kier alpha value is -4.04. The van der Waals surface area contributed by atoms with Gasteiger partial charge in [0.25, 0.3) is 0 Å². The van der Waals surface area contributed by atoms with Crippen LogP contribution >= 0.6 is 0 Å². The standard InChI is InChI=1S/C40H53N5O3/c1-26(2)18-32-20-36-31(21-37(32)48-7)19-28(5)45(40(36)30-10-15-35(46)16-11-30)38-17-14-34(22-41-38)42(6)23-29-8-12-33(13-9-29)43-24-39(47)44(25-43)27(3)4/h10-11,14-17,20-22,26-27,29,33,40,46H,5,8-9,12-13,18-19,23-25H2,1-4,6-7H3. The maximum absolute atomic E-state index is 12.5. The van der Waals surface area contributed by atoms with Crippen molar-refractivity contribution < 1.29 is 14.6 Å². The highest BCUT2D eigenvalue weighted by Gasteiger charge is 2.36. The van der Waals surface area contributed by atoms with E-state index >= 15 is 0 Å². The lowest BCUT2D eigenvalue weighted by molar-refractivity contribution is -0.128. The number of rotatable bonds is 10. The first-order valence-electron chi connectivity index (χ1n) is 17.7. The van der Waals surface area contributed by atoms with Gasteiger partial charge in [-0.2, -0.15) is 0 Å². The molecule has 6 rings (SSSR count). The zero-order valence-electron chi connectivity index (χ0n) is 29.7. The van der Waals surface area contributed by atoms with Crippen LogP contribution in [0.3, 0.4) is 0 Å². The van der Waals surface area contributed by atoms with E-state index in [-0.39, 0.29) is 23.7 Å².